The van der Waals surface area contributed by atoms with Gasteiger partial charge in [-0.1, -0.05) is 23.2 Å². The monoisotopic (exact) mass is 359 g/mol. The number of aryl methyl sites for hydroxylation is 1. The predicted molar refractivity (Wildman–Crippen MR) is 86.2 cm³/mol. The Bertz CT molecular complexity index is 698. The second-order valence-electron chi connectivity index (χ2n) is 5.20. The second kappa shape index (κ2) is 6.58. The van der Waals surface area contributed by atoms with Crippen molar-refractivity contribution in [3.05, 3.63) is 37.8 Å². The highest BCUT2D eigenvalue weighted by atomic mass is 35.5. The van der Waals surface area contributed by atoms with Gasteiger partial charge in [-0.3, -0.25) is 9.48 Å². The Kier molecular flexibility index (Phi) is 4.73. The smallest absolute Gasteiger partial charge is 0.227 e. The molecule has 3 heterocycles. The van der Waals surface area contributed by atoms with Crippen LogP contribution in [0.2, 0.25) is 8.67 Å². The molecule has 0 spiro atoms. The summed E-state index contributed by atoms with van der Waals surface area (Å²) in [6.45, 7) is 1.86. The molecule has 118 valence electrons. The number of fused-ring (bicyclic) bond motifs is 1. The average molecular weight is 360 g/mol. The highest BCUT2D eigenvalue weighted by Crippen LogP contribution is 2.31. The number of halogens is 2. The second-order valence-corrected chi connectivity index (χ2v) is 7.49. The summed E-state index contributed by atoms with van der Waals surface area (Å²) in [7, 11) is 0. The Balaban J connectivity index is 1.74. The molecule has 0 unspecified atom stereocenters. The van der Waals surface area contributed by atoms with Crippen LogP contribution in [-0.2, 0) is 30.9 Å². The molecule has 0 saturated heterocycles. The van der Waals surface area contributed by atoms with Crippen LogP contribution in [0.1, 0.15) is 23.4 Å². The summed E-state index contributed by atoms with van der Waals surface area (Å²) in [4.78, 5) is 14.3. The fourth-order valence-electron chi connectivity index (χ4n) is 2.58. The Hall–Kier alpha value is -1.08. The van der Waals surface area contributed by atoms with Crippen molar-refractivity contribution < 1.29 is 9.90 Å². The van der Waals surface area contributed by atoms with Crippen molar-refractivity contribution in [3.63, 3.8) is 0 Å². The van der Waals surface area contributed by atoms with Gasteiger partial charge in [0.15, 0.2) is 0 Å². The normalized spacial score (nSPS) is 14.8. The van der Waals surface area contributed by atoms with E-state index < -0.39 is 0 Å². The molecule has 5 nitrogen and oxygen atoms in total. The fraction of sp³-hybridized carbons (Fsp3) is 0.429. The molecule has 2 aromatic rings. The topological polar surface area (TPSA) is 58.4 Å². The summed E-state index contributed by atoms with van der Waals surface area (Å²) in [6, 6.07) is 3.60. The number of aromatic nitrogens is 2. The summed E-state index contributed by atoms with van der Waals surface area (Å²) in [5.74, 6) is 0.0246. The molecule has 3 rings (SSSR count). The van der Waals surface area contributed by atoms with Crippen LogP contribution >= 0.6 is 34.5 Å². The number of nitrogens with zero attached hydrogens (tertiary/aromatic N) is 3. The third kappa shape index (κ3) is 3.30. The number of thiophene rings is 1. The Morgan fingerprint density at radius 2 is 2.18 bits per heavy atom. The fourth-order valence-corrected chi connectivity index (χ4v) is 4.07. The number of carbonyl (C=O) groups is 1. The van der Waals surface area contributed by atoms with E-state index in [1.165, 1.54) is 11.3 Å². The first-order valence-corrected chi connectivity index (χ1v) is 8.52. The molecule has 0 bridgehead atoms. The Morgan fingerprint density at radius 3 is 2.86 bits per heavy atom. The summed E-state index contributed by atoms with van der Waals surface area (Å²) >= 11 is 13.3. The van der Waals surface area contributed by atoms with E-state index in [1.54, 1.807) is 6.07 Å². The molecule has 0 saturated carbocycles. The largest absolute Gasteiger partial charge is 0.390 e. The lowest BCUT2D eigenvalue weighted by Crippen LogP contribution is -2.31. The minimum atomic E-state index is -0.0864. The zero-order valence-electron chi connectivity index (χ0n) is 11.8. The van der Waals surface area contributed by atoms with Crippen LogP contribution in [0.4, 0.5) is 0 Å². The van der Waals surface area contributed by atoms with Gasteiger partial charge < -0.3 is 10.0 Å². The Labute approximate surface area is 142 Å². The maximum Gasteiger partial charge on any atom is 0.227 e. The molecular formula is C14H15Cl2N3O2S. The van der Waals surface area contributed by atoms with Crippen molar-refractivity contribution in [2.75, 3.05) is 6.54 Å². The van der Waals surface area contributed by atoms with Crippen molar-refractivity contribution in [1.82, 2.24) is 14.7 Å². The molecule has 0 fully saturated rings. The molecule has 1 aliphatic rings. The molecular weight excluding hydrogens is 345 g/mol. The van der Waals surface area contributed by atoms with E-state index in [0.29, 0.717) is 27.5 Å². The highest BCUT2D eigenvalue weighted by molar-refractivity contribution is 7.20. The lowest BCUT2D eigenvalue weighted by molar-refractivity contribution is -0.131. The SMILES string of the molecule is O=C(Cc1cc(Cl)sc1Cl)N1CCCn2nc(CO)cc2C1. The van der Waals surface area contributed by atoms with Gasteiger partial charge in [-0.25, -0.2) is 0 Å². The summed E-state index contributed by atoms with van der Waals surface area (Å²) in [6.07, 6.45) is 1.09. The molecule has 0 radical (unpaired) electrons. The molecule has 1 N–H and O–H groups in total. The predicted octanol–water partition coefficient (Wildman–Crippen LogP) is 2.72. The maximum atomic E-state index is 12.5. The molecule has 2 aromatic heterocycles. The number of amides is 1. The van der Waals surface area contributed by atoms with Crippen LogP contribution in [0.25, 0.3) is 0 Å². The van der Waals surface area contributed by atoms with Crippen molar-refractivity contribution in [3.8, 4) is 0 Å². The number of aliphatic hydroxyl groups excluding tert-OH is 1. The van der Waals surface area contributed by atoms with Crippen molar-refractivity contribution in [2.24, 2.45) is 0 Å². The molecule has 0 aromatic carbocycles. The zero-order valence-corrected chi connectivity index (χ0v) is 14.1. The van der Waals surface area contributed by atoms with E-state index in [4.69, 9.17) is 23.2 Å². The van der Waals surface area contributed by atoms with Crippen LogP contribution in [0.5, 0.6) is 0 Å². The van der Waals surface area contributed by atoms with Gasteiger partial charge in [-0.2, -0.15) is 5.10 Å². The first-order chi connectivity index (χ1) is 10.6. The zero-order chi connectivity index (χ0) is 15.7. The van der Waals surface area contributed by atoms with Crippen LogP contribution in [0, 0.1) is 0 Å². The number of hydrogen-bond donors (Lipinski definition) is 1. The van der Waals surface area contributed by atoms with Crippen LogP contribution in [0.15, 0.2) is 12.1 Å². The van der Waals surface area contributed by atoms with Gasteiger partial charge >= 0.3 is 0 Å². The minimum Gasteiger partial charge on any atom is -0.390 e. The highest BCUT2D eigenvalue weighted by Gasteiger charge is 2.22. The molecule has 1 aliphatic heterocycles. The van der Waals surface area contributed by atoms with Gasteiger partial charge in [0.25, 0.3) is 0 Å². The Morgan fingerprint density at radius 1 is 1.36 bits per heavy atom. The summed E-state index contributed by atoms with van der Waals surface area (Å²) < 4.78 is 3.03. The van der Waals surface area contributed by atoms with Gasteiger partial charge in [0.05, 0.1) is 39.6 Å². The maximum absolute atomic E-state index is 12.5. The third-order valence-corrected chi connectivity index (χ3v) is 5.22. The standard InChI is InChI=1S/C14H15Cl2N3O2S/c15-12-4-9(14(16)22-12)5-13(21)18-2-1-3-19-11(7-18)6-10(8-20)17-19/h4,6,20H,1-3,5,7-8H2. The van der Waals surface area contributed by atoms with Gasteiger partial charge in [0, 0.05) is 13.1 Å². The number of rotatable bonds is 3. The van der Waals surface area contributed by atoms with Gasteiger partial charge in [0.2, 0.25) is 5.91 Å². The summed E-state index contributed by atoms with van der Waals surface area (Å²) in [5.41, 5.74) is 2.36. The van der Waals surface area contributed by atoms with E-state index in [0.717, 1.165) is 24.2 Å². The van der Waals surface area contributed by atoms with Crippen molar-refractivity contribution in [2.45, 2.75) is 32.5 Å². The van der Waals surface area contributed by atoms with E-state index in [1.807, 2.05) is 15.6 Å². The lowest BCUT2D eigenvalue weighted by atomic mass is 10.2. The van der Waals surface area contributed by atoms with Crippen LogP contribution in [0.3, 0.4) is 0 Å². The third-order valence-electron chi connectivity index (χ3n) is 3.65. The van der Waals surface area contributed by atoms with E-state index in [2.05, 4.69) is 5.10 Å². The van der Waals surface area contributed by atoms with Gasteiger partial charge in [0.1, 0.15) is 0 Å². The quantitative estimate of drug-likeness (QED) is 0.916. The molecule has 1 amide bonds. The first kappa shape index (κ1) is 15.8. The molecule has 0 atom stereocenters. The number of carbonyl (C=O) groups excluding carboxylic acids is 1. The minimum absolute atomic E-state index is 0.0246. The summed E-state index contributed by atoms with van der Waals surface area (Å²) in [5, 5.41) is 13.5. The molecule has 22 heavy (non-hydrogen) atoms. The van der Waals surface area contributed by atoms with E-state index in [9.17, 15) is 9.90 Å². The van der Waals surface area contributed by atoms with E-state index >= 15 is 0 Å². The van der Waals surface area contributed by atoms with Crippen LogP contribution in [-0.4, -0.2) is 32.2 Å². The van der Waals surface area contributed by atoms with E-state index in [-0.39, 0.29) is 18.9 Å². The molecule has 0 aliphatic carbocycles. The number of hydrogen-bond acceptors (Lipinski definition) is 4. The van der Waals surface area contributed by atoms with Crippen molar-refractivity contribution in [1.29, 1.82) is 0 Å². The molecule has 8 heteroatoms. The number of aliphatic hydroxyl groups is 1. The lowest BCUT2D eigenvalue weighted by Gasteiger charge is -2.19. The van der Waals surface area contributed by atoms with Gasteiger partial charge in [-0.05, 0) is 24.1 Å². The van der Waals surface area contributed by atoms with Crippen molar-refractivity contribution >= 4 is 40.4 Å². The average Bonchev–Trinajstić information content (AvgIpc) is 2.94. The first-order valence-electron chi connectivity index (χ1n) is 6.94. The van der Waals surface area contributed by atoms with Crippen LogP contribution < -0.4 is 0 Å². The van der Waals surface area contributed by atoms with Gasteiger partial charge in [-0.15, -0.1) is 11.3 Å².